The largest absolute Gasteiger partial charge is 0.496 e. The number of ether oxygens (including phenoxy) is 4. The Morgan fingerprint density at radius 3 is 2.22 bits per heavy atom. The second-order valence-electron chi connectivity index (χ2n) is 4.60. The number of hydrogen-bond donors (Lipinski definition) is 0. The minimum Gasteiger partial charge on any atom is -0.496 e. The Morgan fingerprint density at radius 2 is 1.67 bits per heavy atom. The Hall–Kier alpha value is -1.84. The van der Waals surface area contributed by atoms with E-state index in [9.17, 15) is 0 Å². The Kier molecular flexibility index (Phi) is 3.11. The van der Waals surface area contributed by atoms with Crippen LogP contribution in [0.1, 0.15) is 19.4 Å². The lowest BCUT2D eigenvalue weighted by Gasteiger charge is -2.30. The second kappa shape index (κ2) is 4.44. The van der Waals surface area contributed by atoms with Gasteiger partial charge in [0.25, 0.3) is 0 Å². The molecule has 18 heavy (non-hydrogen) atoms. The molecule has 1 aromatic carbocycles. The molecule has 0 radical (unpaired) electrons. The summed E-state index contributed by atoms with van der Waals surface area (Å²) in [6.45, 7) is 3.97. The number of methoxy groups -OCH3 is 3. The van der Waals surface area contributed by atoms with Gasteiger partial charge in [0.15, 0.2) is 11.5 Å². The zero-order valence-corrected chi connectivity index (χ0v) is 11.4. The van der Waals surface area contributed by atoms with Crippen molar-refractivity contribution < 1.29 is 18.9 Å². The van der Waals surface area contributed by atoms with Gasteiger partial charge in [0.1, 0.15) is 11.4 Å². The fourth-order valence-corrected chi connectivity index (χ4v) is 1.96. The van der Waals surface area contributed by atoms with Crippen LogP contribution in [0.15, 0.2) is 12.1 Å². The van der Waals surface area contributed by atoms with Gasteiger partial charge in [-0.3, -0.25) is 0 Å². The van der Waals surface area contributed by atoms with Gasteiger partial charge in [-0.05, 0) is 26.0 Å². The molecule has 0 atom stereocenters. The maximum Gasteiger partial charge on any atom is 0.204 e. The zero-order chi connectivity index (χ0) is 13.3. The van der Waals surface area contributed by atoms with Crippen LogP contribution in [0.25, 0.3) is 6.08 Å². The van der Waals surface area contributed by atoms with Crippen LogP contribution in [0.3, 0.4) is 0 Å². The zero-order valence-electron chi connectivity index (χ0n) is 11.4. The predicted molar refractivity (Wildman–Crippen MR) is 69.8 cm³/mol. The van der Waals surface area contributed by atoms with Crippen LogP contribution < -0.4 is 18.9 Å². The topological polar surface area (TPSA) is 36.9 Å². The average molecular weight is 250 g/mol. The number of fused-ring (bicyclic) bond motifs is 1. The van der Waals surface area contributed by atoms with Crippen molar-refractivity contribution >= 4 is 6.08 Å². The molecule has 0 spiro atoms. The predicted octanol–water partition coefficient (Wildman–Crippen LogP) is 2.90. The van der Waals surface area contributed by atoms with Gasteiger partial charge in [0.05, 0.1) is 26.9 Å². The van der Waals surface area contributed by atoms with Crippen molar-refractivity contribution in [2.24, 2.45) is 0 Å². The fraction of sp³-hybridized carbons (Fsp3) is 0.429. The Morgan fingerprint density at radius 1 is 1.00 bits per heavy atom. The molecule has 1 aromatic rings. The van der Waals surface area contributed by atoms with Crippen molar-refractivity contribution in [1.29, 1.82) is 0 Å². The van der Waals surface area contributed by atoms with E-state index in [4.69, 9.17) is 18.9 Å². The van der Waals surface area contributed by atoms with Gasteiger partial charge in [-0.15, -0.1) is 0 Å². The maximum atomic E-state index is 5.95. The van der Waals surface area contributed by atoms with E-state index in [1.807, 2.05) is 26.0 Å². The van der Waals surface area contributed by atoms with Crippen molar-refractivity contribution in [3.8, 4) is 23.0 Å². The van der Waals surface area contributed by atoms with Gasteiger partial charge in [-0.1, -0.05) is 0 Å². The quantitative estimate of drug-likeness (QED) is 0.826. The second-order valence-corrected chi connectivity index (χ2v) is 4.60. The standard InChI is InChI=1S/C14H18O4/c1-14(2)7-6-9-10(15-3)8-11(16-4)13(17-5)12(9)18-14/h6-8H,1-5H3. The van der Waals surface area contributed by atoms with Gasteiger partial charge in [-0.25, -0.2) is 0 Å². The molecular weight excluding hydrogens is 232 g/mol. The molecular formula is C14H18O4. The van der Waals surface area contributed by atoms with E-state index in [0.717, 1.165) is 5.56 Å². The summed E-state index contributed by atoms with van der Waals surface area (Å²) in [5.41, 5.74) is 0.493. The lowest BCUT2D eigenvalue weighted by molar-refractivity contribution is 0.150. The summed E-state index contributed by atoms with van der Waals surface area (Å²) in [5, 5.41) is 0. The van der Waals surface area contributed by atoms with Crippen LogP contribution in [0.5, 0.6) is 23.0 Å². The summed E-state index contributed by atoms with van der Waals surface area (Å²) in [5.74, 6) is 2.54. The molecule has 98 valence electrons. The highest BCUT2D eigenvalue weighted by atomic mass is 16.5. The highest BCUT2D eigenvalue weighted by Crippen LogP contribution is 2.48. The van der Waals surface area contributed by atoms with E-state index in [2.05, 4.69) is 0 Å². The lowest BCUT2D eigenvalue weighted by Crippen LogP contribution is -2.28. The summed E-state index contributed by atoms with van der Waals surface area (Å²) < 4.78 is 22.0. The van der Waals surface area contributed by atoms with Crippen molar-refractivity contribution in [3.05, 3.63) is 17.7 Å². The van der Waals surface area contributed by atoms with Crippen LogP contribution >= 0.6 is 0 Å². The summed E-state index contributed by atoms with van der Waals surface area (Å²) in [7, 11) is 4.81. The summed E-state index contributed by atoms with van der Waals surface area (Å²) in [6, 6.07) is 1.80. The molecule has 4 nitrogen and oxygen atoms in total. The number of rotatable bonds is 3. The number of benzene rings is 1. The molecule has 1 heterocycles. The van der Waals surface area contributed by atoms with E-state index in [1.54, 1.807) is 27.4 Å². The van der Waals surface area contributed by atoms with Crippen LogP contribution in [0.4, 0.5) is 0 Å². The third-order valence-electron chi connectivity index (χ3n) is 2.86. The molecule has 0 saturated carbocycles. The first-order valence-electron chi connectivity index (χ1n) is 5.73. The molecule has 2 rings (SSSR count). The van der Waals surface area contributed by atoms with Crippen molar-refractivity contribution in [1.82, 2.24) is 0 Å². The van der Waals surface area contributed by atoms with Gasteiger partial charge >= 0.3 is 0 Å². The van der Waals surface area contributed by atoms with Crippen molar-refractivity contribution in [3.63, 3.8) is 0 Å². The van der Waals surface area contributed by atoms with E-state index in [0.29, 0.717) is 23.0 Å². The van der Waals surface area contributed by atoms with Crippen LogP contribution in [-0.4, -0.2) is 26.9 Å². The highest BCUT2D eigenvalue weighted by molar-refractivity contribution is 5.74. The van der Waals surface area contributed by atoms with E-state index in [1.165, 1.54) is 0 Å². The molecule has 4 heteroatoms. The maximum absolute atomic E-state index is 5.95. The molecule has 1 aliphatic rings. The first-order chi connectivity index (χ1) is 8.52. The van der Waals surface area contributed by atoms with Crippen molar-refractivity contribution in [2.45, 2.75) is 19.4 Å². The Labute approximate surface area is 107 Å². The molecule has 0 fully saturated rings. The molecule has 0 bridgehead atoms. The third-order valence-corrected chi connectivity index (χ3v) is 2.86. The summed E-state index contributed by atoms with van der Waals surface area (Å²) in [6.07, 6.45) is 3.98. The van der Waals surface area contributed by atoms with Gasteiger partial charge in [-0.2, -0.15) is 0 Å². The number of hydrogen-bond acceptors (Lipinski definition) is 4. The van der Waals surface area contributed by atoms with Gasteiger partial charge < -0.3 is 18.9 Å². The average Bonchev–Trinajstić information content (AvgIpc) is 2.35. The van der Waals surface area contributed by atoms with Crippen LogP contribution in [0.2, 0.25) is 0 Å². The Bertz CT molecular complexity index is 489. The molecule has 0 amide bonds. The lowest BCUT2D eigenvalue weighted by atomic mass is 10.0. The summed E-state index contributed by atoms with van der Waals surface area (Å²) in [4.78, 5) is 0. The molecule has 0 saturated heterocycles. The van der Waals surface area contributed by atoms with Crippen molar-refractivity contribution in [2.75, 3.05) is 21.3 Å². The minimum absolute atomic E-state index is 0.377. The van der Waals surface area contributed by atoms with Crippen LogP contribution in [0, 0.1) is 0 Å². The first-order valence-corrected chi connectivity index (χ1v) is 5.73. The normalized spacial score (nSPS) is 15.6. The van der Waals surface area contributed by atoms with Gasteiger partial charge in [0, 0.05) is 6.07 Å². The molecule has 1 aliphatic heterocycles. The van der Waals surface area contributed by atoms with E-state index < -0.39 is 0 Å². The molecule has 0 N–H and O–H groups in total. The smallest absolute Gasteiger partial charge is 0.204 e. The highest BCUT2D eigenvalue weighted by Gasteiger charge is 2.29. The van der Waals surface area contributed by atoms with E-state index in [-0.39, 0.29) is 5.60 Å². The molecule has 0 unspecified atom stereocenters. The molecule has 0 aromatic heterocycles. The van der Waals surface area contributed by atoms with E-state index >= 15 is 0 Å². The Balaban J connectivity index is 2.67. The fourth-order valence-electron chi connectivity index (χ4n) is 1.96. The summed E-state index contributed by atoms with van der Waals surface area (Å²) >= 11 is 0. The SMILES string of the molecule is COc1cc(OC)c(OC)c2c1C=CC(C)(C)O2. The minimum atomic E-state index is -0.377. The first kappa shape index (κ1) is 12.6. The monoisotopic (exact) mass is 250 g/mol. The van der Waals surface area contributed by atoms with Crippen LogP contribution in [-0.2, 0) is 0 Å². The molecule has 0 aliphatic carbocycles. The van der Waals surface area contributed by atoms with Gasteiger partial charge in [0.2, 0.25) is 5.75 Å². The third kappa shape index (κ3) is 1.98.